The summed E-state index contributed by atoms with van der Waals surface area (Å²) in [6.45, 7) is 5.69. The number of carbonyl (C=O) groups is 1. The van der Waals surface area contributed by atoms with Gasteiger partial charge in [0.2, 0.25) is 5.91 Å². The summed E-state index contributed by atoms with van der Waals surface area (Å²) in [5.74, 6) is 1.51. The van der Waals surface area contributed by atoms with Gasteiger partial charge in [-0.1, -0.05) is 6.42 Å². The molecule has 0 spiro atoms. The van der Waals surface area contributed by atoms with E-state index in [4.69, 9.17) is 5.73 Å². The second-order valence-corrected chi connectivity index (χ2v) is 7.06. The summed E-state index contributed by atoms with van der Waals surface area (Å²) >= 11 is 0. The van der Waals surface area contributed by atoms with Crippen molar-refractivity contribution in [1.29, 1.82) is 0 Å². The smallest absolute Gasteiger partial charge is 0.222 e. The molecule has 2 heterocycles. The topological polar surface area (TPSA) is 49.6 Å². The van der Waals surface area contributed by atoms with E-state index in [-0.39, 0.29) is 30.9 Å². The Labute approximate surface area is 147 Å². The van der Waals surface area contributed by atoms with Crippen LogP contribution in [0.4, 0.5) is 0 Å². The Morgan fingerprint density at radius 1 is 1.00 bits per heavy atom. The van der Waals surface area contributed by atoms with E-state index in [2.05, 4.69) is 9.80 Å². The molecule has 6 heteroatoms. The van der Waals surface area contributed by atoms with Gasteiger partial charge in [-0.15, -0.1) is 24.8 Å². The van der Waals surface area contributed by atoms with Gasteiger partial charge in [-0.3, -0.25) is 4.79 Å². The number of amides is 1. The fourth-order valence-corrected chi connectivity index (χ4v) is 4.21. The molecule has 0 aromatic heterocycles. The third-order valence-corrected chi connectivity index (χ3v) is 5.51. The molecule has 2 aliphatic heterocycles. The van der Waals surface area contributed by atoms with Crippen molar-refractivity contribution >= 4 is 30.7 Å². The molecule has 0 aromatic carbocycles. The van der Waals surface area contributed by atoms with Gasteiger partial charge in [0, 0.05) is 32.1 Å². The van der Waals surface area contributed by atoms with E-state index in [1.54, 1.807) is 0 Å². The molecule has 2 N–H and O–H groups in total. The summed E-state index contributed by atoms with van der Waals surface area (Å²) in [7, 11) is 0. The second-order valence-electron chi connectivity index (χ2n) is 7.06. The van der Waals surface area contributed by atoms with Gasteiger partial charge in [-0.25, -0.2) is 0 Å². The van der Waals surface area contributed by atoms with Crippen LogP contribution in [0.3, 0.4) is 0 Å². The molecule has 3 atom stereocenters. The number of hydrogen-bond donors (Lipinski definition) is 1. The standard InChI is InChI=1S/C16H29N3O.2ClH/c17-15-5-3-4-14(15)10-16(20)19-9-6-13(12-19)11-18-7-1-2-8-18;;/h13-15H,1-12,17H2;2*1H/t13?,14-,15+;;/m0../s1. The Hall–Kier alpha value is -0.0300. The quantitative estimate of drug-likeness (QED) is 0.845. The average molecular weight is 352 g/mol. The minimum atomic E-state index is 0. The van der Waals surface area contributed by atoms with Crippen LogP contribution in [0.1, 0.15) is 44.9 Å². The van der Waals surface area contributed by atoms with Crippen molar-refractivity contribution in [1.82, 2.24) is 9.80 Å². The van der Waals surface area contributed by atoms with Crippen molar-refractivity contribution in [3.63, 3.8) is 0 Å². The SMILES string of the molecule is Cl.Cl.N[C@@H]1CCC[C@H]1CC(=O)N1CCC(CN2CCCC2)C1. The zero-order valence-corrected chi connectivity index (χ0v) is 15.0. The highest BCUT2D eigenvalue weighted by atomic mass is 35.5. The van der Waals surface area contributed by atoms with Crippen LogP contribution in [-0.2, 0) is 4.79 Å². The Kier molecular flexibility index (Phi) is 8.47. The van der Waals surface area contributed by atoms with E-state index >= 15 is 0 Å². The largest absolute Gasteiger partial charge is 0.342 e. The van der Waals surface area contributed by atoms with E-state index in [0.29, 0.717) is 24.2 Å². The predicted octanol–water partition coefficient (Wildman–Crippen LogP) is 2.29. The van der Waals surface area contributed by atoms with Gasteiger partial charge in [0.15, 0.2) is 0 Å². The zero-order chi connectivity index (χ0) is 13.9. The Morgan fingerprint density at radius 2 is 1.73 bits per heavy atom. The van der Waals surface area contributed by atoms with Crippen LogP contribution in [-0.4, -0.2) is 54.5 Å². The Bertz CT molecular complexity index is 350. The van der Waals surface area contributed by atoms with Crippen molar-refractivity contribution in [2.24, 2.45) is 17.6 Å². The molecule has 130 valence electrons. The maximum Gasteiger partial charge on any atom is 0.222 e. The van der Waals surface area contributed by atoms with Gasteiger partial charge in [-0.2, -0.15) is 0 Å². The normalized spacial score (nSPS) is 31.9. The van der Waals surface area contributed by atoms with Crippen molar-refractivity contribution in [3.05, 3.63) is 0 Å². The molecule has 0 aromatic rings. The lowest BCUT2D eigenvalue weighted by Gasteiger charge is -2.22. The molecule has 22 heavy (non-hydrogen) atoms. The van der Waals surface area contributed by atoms with Crippen LogP contribution in [0.5, 0.6) is 0 Å². The molecular weight excluding hydrogens is 321 g/mol. The van der Waals surface area contributed by atoms with E-state index in [0.717, 1.165) is 25.9 Å². The summed E-state index contributed by atoms with van der Waals surface area (Å²) < 4.78 is 0. The summed E-state index contributed by atoms with van der Waals surface area (Å²) in [4.78, 5) is 17.1. The molecule has 3 aliphatic rings. The van der Waals surface area contributed by atoms with Crippen LogP contribution in [0.15, 0.2) is 0 Å². The van der Waals surface area contributed by atoms with Gasteiger partial charge in [0.25, 0.3) is 0 Å². The van der Waals surface area contributed by atoms with Gasteiger partial charge >= 0.3 is 0 Å². The lowest BCUT2D eigenvalue weighted by molar-refractivity contribution is -0.131. The molecule has 4 nitrogen and oxygen atoms in total. The first-order chi connectivity index (χ1) is 9.72. The maximum absolute atomic E-state index is 12.4. The number of carbonyl (C=O) groups excluding carboxylic acids is 1. The number of halogens is 2. The lowest BCUT2D eigenvalue weighted by Crippen LogP contribution is -2.35. The van der Waals surface area contributed by atoms with Gasteiger partial charge < -0.3 is 15.5 Å². The third-order valence-electron chi connectivity index (χ3n) is 5.51. The average Bonchev–Trinajstić information content (AvgIpc) is 3.14. The number of nitrogens with zero attached hydrogens (tertiary/aromatic N) is 2. The molecule has 3 fully saturated rings. The highest BCUT2D eigenvalue weighted by molar-refractivity contribution is 5.85. The predicted molar refractivity (Wildman–Crippen MR) is 94.8 cm³/mol. The molecule has 1 aliphatic carbocycles. The van der Waals surface area contributed by atoms with E-state index in [9.17, 15) is 4.79 Å². The molecule has 1 unspecified atom stereocenters. The van der Waals surface area contributed by atoms with E-state index in [1.165, 1.54) is 45.3 Å². The summed E-state index contributed by atoms with van der Waals surface area (Å²) in [6, 6.07) is 0.266. The second kappa shape index (κ2) is 9.31. The minimum absolute atomic E-state index is 0. The first kappa shape index (κ1) is 20.0. The maximum atomic E-state index is 12.4. The van der Waals surface area contributed by atoms with Gasteiger partial charge in [0.05, 0.1) is 0 Å². The highest BCUT2D eigenvalue weighted by Crippen LogP contribution is 2.28. The van der Waals surface area contributed by atoms with Crippen molar-refractivity contribution < 1.29 is 4.79 Å². The minimum Gasteiger partial charge on any atom is -0.342 e. The highest BCUT2D eigenvalue weighted by Gasteiger charge is 2.32. The molecule has 2 saturated heterocycles. The van der Waals surface area contributed by atoms with E-state index < -0.39 is 0 Å². The van der Waals surface area contributed by atoms with E-state index in [1.807, 2.05) is 0 Å². The summed E-state index contributed by atoms with van der Waals surface area (Å²) in [5.41, 5.74) is 6.08. The van der Waals surface area contributed by atoms with Crippen LogP contribution < -0.4 is 5.73 Å². The Morgan fingerprint density at radius 3 is 2.36 bits per heavy atom. The first-order valence-electron chi connectivity index (χ1n) is 8.48. The number of likely N-dealkylation sites (tertiary alicyclic amines) is 2. The van der Waals surface area contributed by atoms with Crippen LogP contribution in [0.2, 0.25) is 0 Å². The fraction of sp³-hybridized carbons (Fsp3) is 0.938. The number of rotatable bonds is 4. The summed E-state index contributed by atoms with van der Waals surface area (Å²) in [6.07, 6.45) is 8.06. The molecule has 3 rings (SSSR count). The van der Waals surface area contributed by atoms with Crippen LogP contribution >= 0.6 is 24.8 Å². The van der Waals surface area contributed by atoms with Crippen LogP contribution in [0, 0.1) is 11.8 Å². The first-order valence-corrected chi connectivity index (χ1v) is 8.48. The monoisotopic (exact) mass is 351 g/mol. The molecule has 1 amide bonds. The van der Waals surface area contributed by atoms with Gasteiger partial charge in [0.1, 0.15) is 0 Å². The summed E-state index contributed by atoms with van der Waals surface area (Å²) in [5, 5.41) is 0. The van der Waals surface area contributed by atoms with Gasteiger partial charge in [-0.05, 0) is 57.0 Å². The van der Waals surface area contributed by atoms with Crippen LogP contribution in [0.25, 0.3) is 0 Å². The zero-order valence-electron chi connectivity index (χ0n) is 13.4. The molecular formula is C16H31Cl2N3O. The number of hydrogen-bond acceptors (Lipinski definition) is 3. The van der Waals surface area contributed by atoms with Crippen molar-refractivity contribution in [2.75, 3.05) is 32.7 Å². The molecule has 0 radical (unpaired) electrons. The number of nitrogens with two attached hydrogens (primary N) is 1. The fourth-order valence-electron chi connectivity index (χ4n) is 4.21. The lowest BCUT2D eigenvalue weighted by atomic mass is 9.99. The molecule has 0 bridgehead atoms. The van der Waals surface area contributed by atoms with Crippen molar-refractivity contribution in [3.8, 4) is 0 Å². The Balaban J connectivity index is 0.00000121. The molecule has 1 saturated carbocycles. The third kappa shape index (κ3) is 4.98. The van der Waals surface area contributed by atoms with Crippen molar-refractivity contribution in [2.45, 2.75) is 51.0 Å².